The second kappa shape index (κ2) is 6.58. The number of hydrogen-bond donors (Lipinski definition) is 1. The van der Waals surface area contributed by atoms with E-state index >= 15 is 0 Å². The number of carbonyl (C=O) groups is 1. The van der Waals surface area contributed by atoms with Crippen LogP contribution in [0, 0.1) is 5.41 Å². The monoisotopic (exact) mass is 315 g/mol. The molecule has 2 aliphatic heterocycles. The van der Waals surface area contributed by atoms with E-state index in [9.17, 15) is 17.8 Å². The van der Waals surface area contributed by atoms with Gasteiger partial charge in [0.15, 0.2) is 0 Å². The largest absolute Gasteiger partial charge is 1.00 e. The predicted molar refractivity (Wildman–Crippen MR) is 60.9 cm³/mol. The predicted octanol–water partition coefficient (Wildman–Crippen LogP) is -3.34. The van der Waals surface area contributed by atoms with E-state index in [2.05, 4.69) is 4.28 Å². The van der Waals surface area contributed by atoms with E-state index in [1.165, 1.54) is 4.90 Å². The number of ether oxygens (including phenoxy) is 1. The molecule has 2 fully saturated rings. The van der Waals surface area contributed by atoms with Gasteiger partial charge in [0.05, 0.1) is 12.6 Å². The van der Waals surface area contributed by atoms with E-state index in [4.69, 9.17) is 10.1 Å². The van der Waals surface area contributed by atoms with Gasteiger partial charge in [-0.2, -0.15) is 9.35 Å². The van der Waals surface area contributed by atoms with Gasteiger partial charge in [-0.3, -0.25) is 5.41 Å². The molecule has 20 heavy (non-hydrogen) atoms. The summed E-state index contributed by atoms with van der Waals surface area (Å²) in [7, 11) is -4.98. The third-order valence-corrected chi connectivity index (χ3v) is 3.44. The zero-order valence-corrected chi connectivity index (χ0v) is 14.1. The van der Waals surface area contributed by atoms with Crippen LogP contribution in [0.4, 0.5) is 4.79 Å². The molecule has 2 bridgehead atoms. The first-order valence-electron chi connectivity index (χ1n) is 5.80. The molecule has 2 heterocycles. The molecule has 0 radical (unpaired) electrons. The van der Waals surface area contributed by atoms with Gasteiger partial charge in [0, 0.05) is 6.54 Å². The number of urea groups is 1. The molecule has 1 N–H and O–H groups in total. The Kier molecular flexibility index (Phi) is 5.81. The van der Waals surface area contributed by atoms with Crippen molar-refractivity contribution in [1.29, 1.82) is 5.41 Å². The minimum Gasteiger partial charge on any atom is -0.724 e. The van der Waals surface area contributed by atoms with Crippen LogP contribution in [-0.4, -0.2) is 60.1 Å². The molecule has 0 unspecified atom stereocenters. The minimum absolute atomic E-state index is 0. The maximum absolute atomic E-state index is 12.0. The second-order valence-electron chi connectivity index (χ2n) is 4.29. The number of carbonyl (C=O) groups excluding carboxylic acids is 1. The van der Waals surface area contributed by atoms with E-state index in [0.717, 1.165) is 0 Å². The van der Waals surface area contributed by atoms with Gasteiger partial charge >= 0.3 is 35.6 Å². The van der Waals surface area contributed by atoms with Gasteiger partial charge < -0.3 is 14.2 Å². The van der Waals surface area contributed by atoms with Gasteiger partial charge in [0.25, 0.3) is 0 Å². The fraction of sp³-hybridized carbons (Fsp3) is 0.778. The van der Waals surface area contributed by atoms with Crippen molar-refractivity contribution in [3.63, 3.8) is 0 Å². The second-order valence-corrected chi connectivity index (χ2v) is 5.25. The molecule has 2 aliphatic rings. The number of rotatable bonds is 4. The average Bonchev–Trinajstić information content (AvgIpc) is 2.53. The number of hydrogen-bond acceptors (Lipinski definition) is 7. The van der Waals surface area contributed by atoms with Crippen molar-refractivity contribution in [2.45, 2.75) is 31.8 Å². The molecule has 0 aromatic heterocycles. The number of amides is 2. The topological polar surface area (TPSA) is 123 Å². The van der Waals surface area contributed by atoms with Crippen LogP contribution in [0.25, 0.3) is 0 Å². The quantitative estimate of drug-likeness (QED) is 0.190. The Labute approximate surface area is 138 Å². The van der Waals surface area contributed by atoms with Gasteiger partial charge in [-0.05, 0) is 19.8 Å². The summed E-state index contributed by atoms with van der Waals surface area (Å²) in [6.45, 7) is 2.26. The first-order chi connectivity index (χ1) is 8.83. The summed E-state index contributed by atoms with van der Waals surface area (Å²) in [6.07, 6.45) is 0.909. The van der Waals surface area contributed by atoms with E-state index in [1.807, 2.05) is 0 Å². The van der Waals surface area contributed by atoms with Crippen LogP contribution < -0.4 is 29.6 Å². The molecule has 0 aromatic carbocycles. The average molecular weight is 315 g/mol. The van der Waals surface area contributed by atoms with Gasteiger partial charge in [-0.1, -0.05) is 0 Å². The van der Waals surface area contributed by atoms with Crippen molar-refractivity contribution < 1.29 is 56.3 Å². The summed E-state index contributed by atoms with van der Waals surface area (Å²) in [5.74, 6) is -0.0406. The van der Waals surface area contributed by atoms with Crippen LogP contribution in [0.1, 0.15) is 19.8 Å². The minimum atomic E-state index is -4.98. The fourth-order valence-corrected chi connectivity index (χ4v) is 2.73. The van der Waals surface area contributed by atoms with Crippen molar-refractivity contribution in [2.24, 2.45) is 0 Å². The number of fused-ring (bicyclic) bond motifs is 2. The third-order valence-electron chi connectivity index (χ3n) is 3.10. The van der Waals surface area contributed by atoms with Crippen LogP contribution >= 0.6 is 0 Å². The summed E-state index contributed by atoms with van der Waals surface area (Å²) in [6, 6.07) is -1.75. The first-order valence-corrected chi connectivity index (χ1v) is 7.13. The summed E-state index contributed by atoms with van der Waals surface area (Å²) in [5.41, 5.74) is 0. The zero-order valence-electron chi connectivity index (χ0n) is 11.2. The van der Waals surface area contributed by atoms with Crippen molar-refractivity contribution in [3.8, 4) is 0 Å². The molecule has 2 amide bonds. The zero-order chi connectivity index (χ0) is 14.2. The van der Waals surface area contributed by atoms with Crippen molar-refractivity contribution in [3.05, 3.63) is 0 Å². The molecule has 2 rings (SSSR count). The molecule has 108 valence electrons. The Balaban J connectivity index is 0.00000200. The van der Waals surface area contributed by atoms with Gasteiger partial charge in [0.2, 0.25) is 16.3 Å². The molecule has 0 saturated carbocycles. The summed E-state index contributed by atoms with van der Waals surface area (Å²) < 4.78 is 41.0. The molecule has 2 atom stereocenters. The van der Waals surface area contributed by atoms with Crippen LogP contribution in [0.2, 0.25) is 0 Å². The Morgan fingerprint density at radius 2 is 2.15 bits per heavy atom. The van der Waals surface area contributed by atoms with Crippen molar-refractivity contribution >= 4 is 22.3 Å². The molecule has 9 nitrogen and oxygen atoms in total. The smallest absolute Gasteiger partial charge is 0.724 e. The van der Waals surface area contributed by atoms with Crippen LogP contribution in [0.15, 0.2) is 0 Å². The standard InChI is InChI=1S/C9H15N3O6S.Na/c1-2-17-8(10)7-4-3-6-5-11(7)9(13)12(6)18-19(14,15)16;/h6-7,10H,2-5H2,1H3,(H,14,15,16);/q;+1/p-1/t6-,7+;/m1./s1. The van der Waals surface area contributed by atoms with Crippen molar-refractivity contribution in [1.82, 2.24) is 9.96 Å². The van der Waals surface area contributed by atoms with E-state index in [-0.39, 0.29) is 42.0 Å². The first kappa shape index (κ1) is 17.7. The van der Waals surface area contributed by atoms with Crippen molar-refractivity contribution in [2.75, 3.05) is 13.2 Å². The summed E-state index contributed by atoms with van der Waals surface area (Å²) in [4.78, 5) is 13.2. The number of nitrogens with one attached hydrogen (secondary N) is 1. The Morgan fingerprint density at radius 3 is 2.70 bits per heavy atom. The summed E-state index contributed by atoms with van der Waals surface area (Å²) >= 11 is 0. The fourth-order valence-electron chi connectivity index (χ4n) is 2.35. The number of nitrogens with zero attached hydrogens (tertiary/aromatic N) is 2. The summed E-state index contributed by atoms with van der Waals surface area (Å²) in [5, 5.41) is 8.30. The van der Waals surface area contributed by atoms with Crippen LogP contribution in [0.5, 0.6) is 0 Å². The molecular formula is C9H14N3NaO6S. The molecular weight excluding hydrogens is 301 g/mol. The SMILES string of the molecule is CCOC(=N)[C@@H]1CC[C@@H]2CN1C(=O)N2OS(=O)(=O)[O-].[Na+]. The van der Waals surface area contributed by atoms with Crippen LogP contribution in [0.3, 0.4) is 0 Å². The maximum atomic E-state index is 12.0. The van der Waals surface area contributed by atoms with Crippen LogP contribution in [-0.2, 0) is 19.4 Å². The Bertz CT molecular complexity index is 498. The Morgan fingerprint density at radius 1 is 1.50 bits per heavy atom. The Hall–Kier alpha value is -0.390. The van der Waals surface area contributed by atoms with Gasteiger partial charge in [-0.25, -0.2) is 13.2 Å². The molecule has 2 saturated heterocycles. The molecule has 0 spiro atoms. The third kappa shape index (κ3) is 3.62. The molecule has 0 aromatic rings. The number of piperidine rings is 1. The maximum Gasteiger partial charge on any atom is 1.00 e. The molecule has 11 heteroatoms. The normalized spacial score (nSPS) is 25.4. The number of hydroxylamine groups is 2. The van der Waals surface area contributed by atoms with Gasteiger partial charge in [-0.15, -0.1) is 0 Å². The van der Waals surface area contributed by atoms with Gasteiger partial charge in [0.1, 0.15) is 6.04 Å². The van der Waals surface area contributed by atoms with E-state index < -0.39 is 28.5 Å². The molecule has 0 aliphatic carbocycles. The van der Waals surface area contributed by atoms with E-state index in [1.54, 1.807) is 6.92 Å². The van der Waals surface area contributed by atoms with E-state index in [0.29, 0.717) is 24.5 Å².